The second-order valence-electron chi connectivity index (χ2n) is 37.6. The van der Waals surface area contributed by atoms with Crippen molar-refractivity contribution in [2.75, 3.05) is 0 Å². The summed E-state index contributed by atoms with van der Waals surface area (Å²) in [6.45, 7) is 19.9. The zero-order valence-electron chi connectivity index (χ0n) is 79.8. The van der Waals surface area contributed by atoms with Gasteiger partial charge in [-0.2, -0.15) is 0 Å². The van der Waals surface area contributed by atoms with Crippen LogP contribution in [0.3, 0.4) is 0 Å². The third kappa shape index (κ3) is 14.6. The van der Waals surface area contributed by atoms with Crippen LogP contribution in [0.5, 0.6) is 0 Å². The lowest BCUT2D eigenvalue weighted by atomic mass is 9.91. The van der Waals surface area contributed by atoms with Crippen molar-refractivity contribution in [3.63, 3.8) is 0 Å². The number of benzene rings is 15. The first-order valence-electron chi connectivity index (χ1n) is 47.9. The quantitative estimate of drug-likeness (QED) is 0.142. The average molecular weight is 1770 g/mol. The Morgan fingerprint density at radius 2 is 0.522 bits per heavy atom. The van der Waals surface area contributed by atoms with Crippen molar-refractivity contribution in [1.82, 2.24) is 0 Å². The molecule has 25 aromatic rings. The Morgan fingerprint density at radius 3 is 0.853 bits per heavy atom. The first-order valence-corrected chi connectivity index (χ1v) is 47.9. The topological polar surface area (TPSA) is 85.1 Å². The zero-order valence-corrected chi connectivity index (χ0v) is 79.8. The third-order valence-electron chi connectivity index (χ3n) is 29.1. The van der Waals surface area contributed by atoms with Crippen LogP contribution in [0, 0.1) is 41.5 Å². The lowest BCUT2D eigenvalue weighted by Crippen LogP contribution is -2.31. The van der Waals surface area contributed by atoms with Crippen molar-refractivity contribution in [1.29, 1.82) is 0 Å². The normalized spacial score (nSPS) is 12.4. The molecule has 10 aromatic heterocycles. The molecule has 10 nitrogen and oxygen atoms in total. The molecule has 0 atom stereocenters. The van der Waals surface area contributed by atoms with Crippen LogP contribution in [-0.4, -0.2) is 0 Å². The van der Waals surface area contributed by atoms with Crippen molar-refractivity contribution in [3.05, 3.63) is 390 Å². The van der Waals surface area contributed by atoms with Crippen molar-refractivity contribution in [3.8, 4) is 56.3 Å². The second-order valence-corrected chi connectivity index (χ2v) is 37.6. The van der Waals surface area contributed by atoms with E-state index in [0.29, 0.717) is 11.8 Å². The molecule has 0 bridgehead atoms. The van der Waals surface area contributed by atoms with Crippen LogP contribution in [0.4, 0.5) is 0 Å². The first kappa shape index (κ1) is 85.8. The summed E-state index contributed by atoms with van der Waals surface area (Å²) in [5.41, 5.74) is 33.3. The molecular weight excluding hydrogens is 1660 g/mol. The minimum absolute atomic E-state index is 0.479. The van der Waals surface area contributed by atoms with Crippen LogP contribution in [0.25, 0.3) is 220 Å². The summed E-state index contributed by atoms with van der Waals surface area (Å²) in [6.07, 6.45) is 17.1. The monoisotopic (exact) mass is 1770 g/mol. The second kappa shape index (κ2) is 35.1. The summed E-state index contributed by atoms with van der Waals surface area (Å²) >= 11 is 0. The van der Waals surface area contributed by atoms with Gasteiger partial charge in [0.1, 0.15) is 91.1 Å². The molecule has 0 saturated heterocycles. The van der Waals surface area contributed by atoms with Gasteiger partial charge < -0.3 is 22.1 Å². The molecule has 26 rings (SSSR count). The number of pyridine rings is 5. The van der Waals surface area contributed by atoms with Crippen LogP contribution in [-0.2, 0) is 41.7 Å². The third-order valence-corrected chi connectivity index (χ3v) is 29.1. The van der Waals surface area contributed by atoms with E-state index in [9.17, 15) is 0 Å². The molecule has 1 aliphatic carbocycles. The Labute approximate surface area is 791 Å². The summed E-state index contributed by atoms with van der Waals surface area (Å²) in [5, 5.41) is 24.7. The van der Waals surface area contributed by atoms with Gasteiger partial charge in [-0.05, 0) is 213 Å². The highest BCUT2D eigenvalue weighted by molar-refractivity contribution is 6.28. The lowest BCUT2D eigenvalue weighted by Gasteiger charge is -2.13. The molecule has 1 aliphatic rings. The summed E-state index contributed by atoms with van der Waals surface area (Å²) < 4.78 is 43.2. The molecule has 1 saturated carbocycles. The van der Waals surface area contributed by atoms with Gasteiger partial charge in [-0.3, -0.25) is 0 Å². The molecule has 1 fully saturated rings. The molecule has 0 amide bonds. The van der Waals surface area contributed by atoms with Gasteiger partial charge in [0.15, 0.2) is 31.0 Å². The minimum Gasteiger partial charge on any atom is -0.455 e. The highest BCUT2D eigenvalue weighted by Gasteiger charge is 2.32. The minimum atomic E-state index is 0.479. The van der Waals surface area contributed by atoms with E-state index in [1.54, 1.807) is 0 Å². The van der Waals surface area contributed by atoms with Crippen LogP contribution in [0.15, 0.2) is 362 Å². The SMILES string of the molecule is CCc1cc[n+](C)c(-c2c(C)c3ccccc3c3c2oc2ccccc23)c1.Cc1c(-c2cc(C(C)C)cc[n+]2C)c2oc3ccccc3c2c2ccccc12.Cc1c(-c2cc(C3CCCC3)cc[n+]2C)c2oc3ccccc3c2c2ccccc12.Cc1c(-c2cccc[n+]2C)c2oc3ccccc3c2c2ccccc12.Cc1cc[n+](C)c(-c2c(C)c3ccccc3c3c2oc2ccccc23)c1. The van der Waals surface area contributed by atoms with E-state index < -0.39 is 0 Å². The molecular formula is C126H110N5O5+5. The highest BCUT2D eigenvalue weighted by atomic mass is 16.3. The predicted molar refractivity (Wildman–Crippen MR) is 562 cm³/mol. The largest absolute Gasteiger partial charge is 0.455 e. The maximum atomic E-state index is 6.53. The van der Waals surface area contributed by atoms with Crippen LogP contribution >= 0.6 is 0 Å². The van der Waals surface area contributed by atoms with Crippen LogP contribution in [0.1, 0.15) is 108 Å². The summed E-state index contributed by atoms with van der Waals surface area (Å²) in [6, 6.07) is 109. The van der Waals surface area contributed by atoms with Crippen molar-refractivity contribution < 1.29 is 44.9 Å². The number of aryl methyl sites for hydroxylation is 12. The highest BCUT2D eigenvalue weighted by Crippen LogP contribution is 2.50. The number of nitrogens with zero attached hydrogens (tertiary/aromatic N) is 5. The standard InChI is InChI=1S/C28H26NO.C26H24NO.C25H22NO.C24H20NO.C23H18NO/c1-18-21-11-5-6-12-22(21)27-23-13-7-8-14-25(23)30-28(27)26(18)24-17-20(15-16-29(24)2)19-9-3-4-10-19;1-16(2)18-13-14-27(4)22(15-18)24-17(3)19-9-5-6-10-20(19)25-21-11-7-8-12-23(21)28-26(24)25;1-4-17-13-14-26(3)21(15-17)23-16(2)18-9-5-6-10-19(18)24-20-11-7-8-12-22(20)27-25(23)24;1-15-12-13-25(3)20(14-15)22-16(2)17-8-4-5-9-18(17)23-19-10-6-7-11-21(19)26-24(22)23;1-15-16-9-3-4-10-17(16)22-18-11-5-6-13-20(18)25-23(22)21(15)19-12-7-8-14-24(19)2/h5-8,11-17,19H,3-4,9-10H2,1-2H3;5-16H,1-4H3;5-15H,4H2,1-3H3;4-14H,1-3H3;3-14H,1-2H3/q5*+1. The van der Waals surface area contributed by atoms with Gasteiger partial charge >= 0.3 is 0 Å². The number of hydrogen-bond donors (Lipinski definition) is 0. The summed E-state index contributed by atoms with van der Waals surface area (Å²) in [7, 11) is 10.5. The van der Waals surface area contributed by atoms with Crippen molar-refractivity contribution >= 4 is 164 Å². The smallest absolute Gasteiger partial charge is 0.216 e. The van der Waals surface area contributed by atoms with E-state index >= 15 is 0 Å². The summed E-state index contributed by atoms with van der Waals surface area (Å²) in [5.74, 6) is 1.17. The van der Waals surface area contributed by atoms with Gasteiger partial charge in [0.2, 0.25) is 28.5 Å². The fraction of sp³-hybridized carbons (Fsp3) is 0.167. The Bertz CT molecular complexity index is 9120. The average Bonchev–Trinajstić information content (AvgIpc) is 1.78. The van der Waals surface area contributed by atoms with Crippen LogP contribution in [0.2, 0.25) is 0 Å². The molecule has 136 heavy (non-hydrogen) atoms. The maximum Gasteiger partial charge on any atom is 0.216 e. The van der Waals surface area contributed by atoms with E-state index in [1.807, 2.05) is 30.3 Å². The molecule has 10 heteroatoms. The Morgan fingerprint density at radius 1 is 0.257 bits per heavy atom. The number of rotatable bonds is 8. The van der Waals surface area contributed by atoms with Crippen LogP contribution < -0.4 is 22.8 Å². The molecule has 0 N–H and O–H groups in total. The van der Waals surface area contributed by atoms with Gasteiger partial charge in [0.25, 0.3) is 0 Å². The number of aromatic nitrogens is 5. The molecule has 0 aliphatic heterocycles. The number of para-hydroxylation sites is 5. The van der Waals surface area contributed by atoms with E-state index in [-0.39, 0.29) is 0 Å². The maximum absolute atomic E-state index is 6.53. The number of hydrogen-bond acceptors (Lipinski definition) is 5. The predicted octanol–water partition coefficient (Wildman–Crippen LogP) is 31.3. The molecule has 10 heterocycles. The van der Waals surface area contributed by atoms with E-state index in [4.69, 9.17) is 22.1 Å². The van der Waals surface area contributed by atoms with Crippen molar-refractivity contribution in [2.45, 2.75) is 106 Å². The lowest BCUT2D eigenvalue weighted by molar-refractivity contribution is -0.660. The van der Waals surface area contributed by atoms with Gasteiger partial charge in [-0.25, -0.2) is 22.8 Å². The van der Waals surface area contributed by atoms with E-state index in [0.717, 1.165) is 67.9 Å². The summed E-state index contributed by atoms with van der Waals surface area (Å²) in [4.78, 5) is 0. The number of fused-ring (bicyclic) bond motifs is 25. The Balaban J connectivity index is 0.0000000986. The first-order chi connectivity index (χ1) is 66.4. The zero-order chi connectivity index (χ0) is 93.0. The van der Waals surface area contributed by atoms with Gasteiger partial charge in [-0.1, -0.05) is 246 Å². The molecule has 15 aromatic carbocycles. The fourth-order valence-electron chi connectivity index (χ4n) is 22.0. The van der Waals surface area contributed by atoms with E-state index in [2.05, 4.69) is 430 Å². The molecule has 0 spiro atoms. The Hall–Kier alpha value is -15.7. The molecule has 0 unspecified atom stereocenters. The molecule has 664 valence electrons. The van der Waals surface area contributed by atoms with Gasteiger partial charge in [-0.15, -0.1) is 0 Å². The van der Waals surface area contributed by atoms with Crippen molar-refractivity contribution in [2.24, 2.45) is 35.2 Å². The fourth-order valence-corrected chi connectivity index (χ4v) is 22.0. The van der Waals surface area contributed by atoms with Gasteiger partial charge in [0.05, 0.1) is 27.8 Å². The number of furan rings is 5. The van der Waals surface area contributed by atoms with E-state index in [1.165, 1.54) is 234 Å². The Kier molecular flexibility index (Phi) is 22.1. The van der Waals surface area contributed by atoms with Gasteiger partial charge in [0, 0.05) is 115 Å². The molecule has 0 radical (unpaired) electrons.